The number of pyridine rings is 1. The zero-order valence-electron chi connectivity index (χ0n) is 7.88. The van der Waals surface area contributed by atoms with Gasteiger partial charge < -0.3 is 10.1 Å². The van der Waals surface area contributed by atoms with Crippen molar-refractivity contribution < 1.29 is 18.7 Å². The second-order valence-electron chi connectivity index (χ2n) is 3.06. The molecule has 82 valence electrons. The number of carbonyl (C=O) groups is 1. The number of halogens is 2. The fourth-order valence-electron chi connectivity index (χ4n) is 1.22. The summed E-state index contributed by atoms with van der Waals surface area (Å²) < 4.78 is 25.0. The van der Waals surface area contributed by atoms with Gasteiger partial charge in [-0.05, 0) is 6.92 Å². The largest absolute Gasteiger partial charge is 0.481 e. The Bertz CT molecular complexity index is 439. The van der Waals surface area contributed by atoms with Crippen LogP contribution in [0.2, 0.25) is 0 Å². The lowest BCUT2D eigenvalue weighted by Crippen LogP contribution is -2.19. The molecule has 1 aromatic heterocycles. The van der Waals surface area contributed by atoms with E-state index in [0.29, 0.717) is 0 Å². The van der Waals surface area contributed by atoms with Gasteiger partial charge in [-0.1, -0.05) is 0 Å². The van der Waals surface area contributed by atoms with Crippen LogP contribution in [-0.2, 0) is 11.2 Å². The highest BCUT2D eigenvalue weighted by Crippen LogP contribution is 2.18. The smallest absolute Gasteiger partial charge is 0.309 e. The first-order valence-corrected chi connectivity index (χ1v) is 4.14. The molecule has 0 amide bonds. The maximum Gasteiger partial charge on any atom is 0.309 e. The third kappa shape index (κ3) is 2.39. The molecule has 6 heteroatoms. The van der Waals surface area contributed by atoms with Crippen molar-refractivity contribution in [2.75, 3.05) is 0 Å². The molecule has 0 bridgehead atoms. The molecule has 1 rings (SSSR count). The molecule has 0 aliphatic rings. The van der Waals surface area contributed by atoms with Gasteiger partial charge in [0.2, 0.25) is 0 Å². The van der Waals surface area contributed by atoms with E-state index in [1.54, 1.807) is 0 Å². The average Bonchev–Trinajstić information content (AvgIpc) is 2.10. The standard InChI is InChI=1S/C9H9F2NO3/c1-4-3-12-5(2-6(13)14)7(8(4)15)9(10)11/h3,9H,2H2,1H3,(H,12,15)(H,13,14). The summed E-state index contributed by atoms with van der Waals surface area (Å²) in [5, 5.41) is 8.47. The van der Waals surface area contributed by atoms with Crippen molar-refractivity contribution in [2.24, 2.45) is 0 Å². The van der Waals surface area contributed by atoms with Crippen LogP contribution < -0.4 is 5.43 Å². The van der Waals surface area contributed by atoms with Crippen molar-refractivity contribution in [2.45, 2.75) is 19.8 Å². The van der Waals surface area contributed by atoms with Gasteiger partial charge in [0, 0.05) is 17.5 Å². The van der Waals surface area contributed by atoms with Gasteiger partial charge in [-0.25, -0.2) is 8.78 Å². The van der Waals surface area contributed by atoms with E-state index in [1.165, 1.54) is 13.1 Å². The van der Waals surface area contributed by atoms with Gasteiger partial charge in [0.15, 0.2) is 5.43 Å². The molecule has 1 aromatic rings. The van der Waals surface area contributed by atoms with Crippen LogP contribution in [0, 0.1) is 6.92 Å². The highest BCUT2D eigenvalue weighted by Gasteiger charge is 2.20. The van der Waals surface area contributed by atoms with Crippen LogP contribution >= 0.6 is 0 Å². The van der Waals surface area contributed by atoms with Gasteiger partial charge in [-0.3, -0.25) is 9.59 Å². The normalized spacial score (nSPS) is 10.7. The van der Waals surface area contributed by atoms with Crippen molar-refractivity contribution >= 4 is 5.97 Å². The van der Waals surface area contributed by atoms with Gasteiger partial charge in [-0.2, -0.15) is 0 Å². The zero-order valence-corrected chi connectivity index (χ0v) is 7.88. The molecule has 0 spiro atoms. The highest BCUT2D eigenvalue weighted by atomic mass is 19.3. The highest BCUT2D eigenvalue weighted by molar-refractivity contribution is 5.70. The molecule has 1 heterocycles. The number of H-pyrrole nitrogens is 1. The number of aryl methyl sites for hydroxylation is 1. The number of carboxylic acid groups (broad SMARTS) is 1. The van der Waals surface area contributed by atoms with Crippen molar-refractivity contribution in [1.82, 2.24) is 4.98 Å². The Morgan fingerprint density at radius 2 is 2.20 bits per heavy atom. The Balaban J connectivity index is 3.33. The first-order valence-electron chi connectivity index (χ1n) is 4.14. The Kier molecular flexibility index (Phi) is 3.18. The lowest BCUT2D eigenvalue weighted by molar-refractivity contribution is -0.136. The summed E-state index contributed by atoms with van der Waals surface area (Å²) >= 11 is 0. The molecule has 0 aliphatic carbocycles. The third-order valence-electron chi connectivity index (χ3n) is 1.94. The predicted octanol–water partition coefficient (Wildman–Crippen LogP) is 1.25. The summed E-state index contributed by atoms with van der Waals surface area (Å²) in [6, 6.07) is 0. The molecule has 2 N–H and O–H groups in total. The number of aliphatic carboxylic acids is 1. The number of hydrogen-bond acceptors (Lipinski definition) is 2. The van der Waals surface area contributed by atoms with E-state index in [2.05, 4.69) is 4.98 Å². The lowest BCUT2D eigenvalue weighted by Gasteiger charge is -2.06. The van der Waals surface area contributed by atoms with E-state index < -0.39 is 29.8 Å². The number of carboxylic acids is 1. The molecule has 0 saturated carbocycles. The number of nitrogens with one attached hydrogen (secondary N) is 1. The second kappa shape index (κ2) is 4.20. The molecule has 15 heavy (non-hydrogen) atoms. The average molecular weight is 217 g/mol. The van der Waals surface area contributed by atoms with Crippen LogP contribution in [-0.4, -0.2) is 16.1 Å². The minimum atomic E-state index is -2.97. The first-order chi connectivity index (χ1) is 6.93. The Morgan fingerprint density at radius 3 is 2.67 bits per heavy atom. The van der Waals surface area contributed by atoms with Gasteiger partial charge in [0.05, 0.1) is 12.0 Å². The molecule has 0 saturated heterocycles. The molecule has 0 atom stereocenters. The van der Waals surface area contributed by atoms with Gasteiger partial charge in [0.1, 0.15) is 0 Å². The Labute approximate surface area is 83.6 Å². The number of aromatic amines is 1. The zero-order chi connectivity index (χ0) is 11.6. The fourth-order valence-corrected chi connectivity index (χ4v) is 1.22. The van der Waals surface area contributed by atoms with E-state index >= 15 is 0 Å². The lowest BCUT2D eigenvalue weighted by atomic mass is 10.1. The SMILES string of the molecule is Cc1c[nH]c(CC(=O)O)c(C(F)F)c1=O. The van der Waals surface area contributed by atoms with Crippen molar-refractivity contribution in [3.05, 3.63) is 33.2 Å². The third-order valence-corrected chi connectivity index (χ3v) is 1.94. The molecular weight excluding hydrogens is 208 g/mol. The van der Waals surface area contributed by atoms with Crippen LogP contribution in [0.25, 0.3) is 0 Å². The number of aromatic nitrogens is 1. The molecule has 4 nitrogen and oxygen atoms in total. The number of rotatable bonds is 3. The summed E-state index contributed by atoms with van der Waals surface area (Å²) in [7, 11) is 0. The summed E-state index contributed by atoms with van der Waals surface area (Å²) in [5.74, 6) is -1.27. The van der Waals surface area contributed by atoms with Gasteiger partial charge in [-0.15, -0.1) is 0 Å². The minimum Gasteiger partial charge on any atom is -0.481 e. The van der Waals surface area contributed by atoms with Crippen LogP contribution in [0.4, 0.5) is 8.78 Å². The molecule has 0 radical (unpaired) electrons. The van der Waals surface area contributed by atoms with Crippen molar-refractivity contribution in [3.8, 4) is 0 Å². The number of hydrogen-bond donors (Lipinski definition) is 2. The van der Waals surface area contributed by atoms with E-state index in [-0.39, 0.29) is 11.3 Å². The predicted molar refractivity (Wildman–Crippen MR) is 48.1 cm³/mol. The molecule has 0 fully saturated rings. The second-order valence-corrected chi connectivity index (χ2v) is 3.06. The summed E-state index contributed by atoms with van der Waals surface area (Å²) in [4.78, 5) is 24.1. The van der Waals surface area contributed by atoms with Crippen LogP contribution in [0.15, 0.2) is 11.0 Å². The van der Waals surface area contributed by atoms with E-state index in [4.69, 9.17) is 5.11 Å². The van der Waals surface area contributed by atoms with Crippen molar-refractivity contribution in [1.29, 1.82) is 0 Å². The molecule has 0 aliphatic heterocycles. The van der Waals surface area contributed by atoms with Gasteiger partial charge >= 0.3 is 5.97 Å². The molecular formula is C9H9F2NO3. The molecule has 0 unspecified atom stereocenters. The first kappa shape index (κ1) is 11.4. The monoisotopic (exact) mass is 217 g/mol. The maximum absolute atomic E-state index is 12.5. The summed E-state index contributed by atoms with van der Waals surface area (Å²) in [6.07, 6.45) is -2.36. The van der Waals surface area contributed by atoms with Crippen molar-refractivity contribution in [3.63, 3.8) is 0 Å². The Hall–Kier alpha value is -1.72. The number of alkyl halides is 2. The van der Waals surface area contributed by atoms with Gasteiger partial charge in [0.25, 0.3) is 6.43 Å². The summed E-state index contributed by atoms with van der Waals surface area (Å²) in [5.41, 5.74) is -1.66. The minimum absolute atomic E-state index is 0.138. The fraction of sp³-hybridized carbons (Fsp3) is 0.333. The van der Waals surface area contributed by atoms with E-state index in [1.807, 2.05) is 0 Å². The molecule has 0 aromatic carbocycles. The van der Waals surface area contributed by atoms with Crippen LogP contribution in [0.1, 0.15) is 23.2 Å². The van der Waals surface area contributed by atoms with Crippen LogP contribution in [0.5, 0.6) is 0 Å². The Morgan fingerprint density at radius 1 is 1.60 bits per heavy atom. The summed E-state index contributed by atoms with van der Waals surface area (Å²) in [6.45, 7) is 1.38. The topological polar surface area (TPSA) is 70.2 Å². The van der Waals surface area contributed by atoms with Crippen LogP contribution in [0.3, 0.4) is 0 Å². The quantitative estimate of drug-likeness (QED) is 0.800. The van der Waals surface area contributed by atoms with E-state index in [9.17, 15) is 18.4 Å². The maximum atomic E-state index is 12.5. The van der Waals surface area contributed by atoms with E-state index in [0.717, 1.165) is 0 Å².